The monoisotopic (exact) mass is 342 g/mol. The third kappa shape index (κ3) is 3.01. The largest absolute Gasteiger partial charge is 0.346 e. The van der Waals surface area contributed by atoms with Gasteiger partial charge in [-0.1, -0.05) is 5.22 Å². The fourth-order valence-electron chi connectivity index (χ4n) is 4.60. The lowest BCUT2D eigenvalue weighted by molar-refractivity contribution is 0.141. The van der Waals surface area contributed by atoms with Crippen molar-refractivity contribution in [2.24, 2.45) is 27.2 Å². The van der Waals surface area contributed by atoms with Crippen molar-refractivity contribution in [3.05, 3.63) is 17.8 Å². The molecule has 2 unspecified atom stereocenters. The van der Waals surface area contributed by atoms with E-state index in [2.05, 4.69) is 54.3 Å². The summed E-state index contributed by atoms with van der Waals surface area (Å²) in [4.78, 5) is 7.68. The molecule has 0 bridgehead atoms. The van der Waals surface area contributed by atoms with Gasteiger partial charge in [-0.05, 0) is 77.8 Å². The smallest absolute Gasteiger partial charge is 0.137 e. The Labute approximate surface area is 150 Å². The molecule has 2 N–H and O–H groups in total. The molecule has 1 saturated carbocycles. The first-order valence-electron chi connectivity index (χ1n) is 9.54. The number of aromatic nitrogens is 1. The molecule has 0 aromatic carbocycles. The van der Waals surface area contributed by atoms with Crippen molar-refractivity contribution in [3.8, 4) is 0 Å². The highest BCUT2D eigenvalue weighted by molar-refractivity contribution is 5.67. The summed E-state index contributed by atoms with van der Waals surface area (Å²) in [6.45, 7) is 10.1. The zero-order valence-corrected chi connectivity index (χ0v) is 15.8. The number of hydrogen-bond donors (Lipinski definition) is 2. The molecule has 25 heavy (non-hydrogen) atoms. The minimum atomic E-state index is -0.161. The van der Waals surface area contributed by atoms with E-state index in [4.69, 9.17) is 5.11 Å². The summed E-state index contributed by atoms with van der Waals surface area (Å²) < 4.78 is 0. The van der Waals surface area contributed by atoms with E-state index in [9.17, 15) is 0 Å². The van der Waals surface area contributed by atoms with Crippen molar-refractivity contribution >= 4 is 12.2 Å². The highest BCUT2D eigenvalue weighted by atomic mass is 15.6. The maximum Gasteiger partial charge on any atom is 0.137 e. The Kier molecular flexibility index (Phi) is 3.98. The van der Waals surface area contributed by atoms with E-state index < -0.39 is 0 Å². The molecule has 1 aromatic heterocycles. The third-order valence-electron chi connectivity index (χ3n) is 6.13. The van der Waals surface area contributed by atoms with Gasteiger partial charge in [0, 0.05) is 17.3 Å². The van der Waals surface area contributed by atoms with Crippen LogP contribution >= 0.6 is 0 Å². The zero-order valence-electron chi connectivity index (χ0n) is 15.8. The van der Waals surface area contributed by atoms with Crippen molar-refractivity contribution in [2.45, 2.75) is 70.5 Å². The summed E-state index contributed by atoms with van der Waals surface area (Å²) >= 11 is 0. The van der Waals surface area contributed by atoms with Crippen LogP contribution in [0.3, 0.4) is 0 Å². The number of nitrogens with one attached hydrogen (secondary N) is 2. The molecule has 6 heteroatoms. The highest BCUT2D eigenvalue weighted by Crippen LogP contribution is 2.52. The quantitative estimate of drug-likeness (QED) is 0.856. The molecule has 1 aromatic rings. The topological polar surface area (TPSA) is 68.1 Å². The van der Waals surface area contributed by atoms with Crippen molar-refractivity contribution in [1.29, 1.82) is 0 Å². The maximum atomic E-state index is 4.75. The first-order valence-corrected chi connectivity index (χ1v) is 9.54. The van der Waals surface area contributed by atoms with Crippen molar-refractivity contribution in [2.75, 3.05) is 6.54 Å². The van der Waals surface area contributed by atoms with Crippen molar-refractivity contribution < 1.29 is 0 Å². The van der Waals surface area contributed by atoms with Gasteiger partial charge >= 0.3 is 0 Å². The number of rotatable bonds is 3. The lowest BCUT2D eigenvalue weighted by Gasteiger charge is -2.41. The Morgan fingerprint density at radius 3 is 2.76 bits per heavy atom. The minimum absolute atomic E-state index is 0.161. The molecule has 0 spiro atoms. The van der Waals surface area contributed by atoms with Gasteiger partial charge < -0.3 is 10.3 Å². The van der Waals surface area contributed by atoms with E-state index >= 15 is 0 Å². The van der Waals surface area contributed by atoms with E-state index in [1.54, 1.807) is 0 Å². The average molecular weight is 342 g/mol. The molecular formula is C19H30N6. The van der Waals surface area contributed by atoms with Crippen molar-refractivity contribution in [1.82, 2.24) is 15.3 Å². The van der Waals surface area contributed by atoms with Gasteiger partial charge in [0.15, 0.2) is 0 Å². The van der Waals surface area contributed by atoms with Gasteiger partial charge in [0.05, 0.1) is 0 Å². The molecule has 136 valence electrons. The van der Waals surface area contributed by atoms with Gasteiger partial charge in [0.1, 0.15) is 23.7 Å². The summed E-state index contributed by atoms with van der Waals surface area (Å²) in [6.07, 6.45) is 8.80. The van der Waals surface area contributed by atoms with Gasteiger partial charge in [-0.25, -0.2) is 10.0 Å². The molecule has 0 radical (unpaired) electrons. The zero-order chi connectivity index (χ0) is 17.7. The van der Waals surface area contributed by atoms with Gasteiger partial charge in [0.25, 0.3) is 0 Å². The van der Waals surface area contributed by atoms with Crippen LogP contribution in [0.2, 0.25) is 0 Å². The maximum absolute atomic E-state index is 4.75. The van der Waals surface area contributed by atoms with Crippen LogP contribution in [0.15, 0.2) is 27.6 Å². The SMILES string of the molecule is CC(C)(C)NCC1CCC(C2(C)N=NN3C=Nc4[nH]ccc4C32)CC1. The third-order valence-corrected chi connectivity index (χ3v) is 6.13. The number of fused-ring (bicyclic) bond motifs is 3. The van der Waals surface area contributed by atoms with E-state index in [1.807, 2.05) is 17.5 Å². The second-order valence-corrected chi connectivity index (χ2v) is 9.07. The molecule has 6 nitrogen and oxygen atoms in total. The fourth-order valence-corrected chi connectivity index (χ4v) is 4.60. The van der Waals surface area contributed by atoms with Gasteiger partial charge in [-0.3, -0.25) is 0 Å². The molecule has 2 aliphatic heterocycles. The van der Waals surface area contributed by atoms with Crippen LogP contribution in [0.1, 0.15) is 65.0 Å². The molecule has 3 aliphatic rings. The minimum Gasteiger partial charge on any atom is -0.346 e. The van der Waals surface area contributed by atoms with E-state index in [-0.39, 0.29) is 17.1 Å². The predicted octanol–water partition coefficient (Wildman–Crippen LogP) is 4.37. The Balaban J connectivity index is 1.45. The Bertz CT molecular complexity index is 676. The number of H-pyrrole nitrogens is 1. The molecule has 4 rings (SSSR count). The molecule has 3 heterocycles. The first-order chi connectivity index (χ1) is 11.9. The summed E-state index contributed by atoms with van der Waals surface area (Å²) in [5, 5.41) is 14.8. The normalized spacial score (nSPS) is 34.2. The van der Waals surface area contributed by atoms with Crippen LogP contribution in [0, 0.1) is 11.8 Å². The number of nitrogens with zero attached hydrogens (tertiary/aromatic N) is 4. The second-order valence-electron chi connectivity index (χ2n) is 9.07. The van der Waals surface area contributed by atoms with E-state index in [1.165, 1.54) is 31.2 Å². The van der Waals surface area contributed by atoms with Crippen LogP contribution in [-0.2, 0) is 0 Å². The molecule has 0 saturated heterocycles. The van der Waals surface area contributed by atoms with Gasteiger partial charge in [0.2, 0.25) is 0 Å². The van der Waals surface area contributed by atoms with Gasteiger partial charge in [-0.2, -0.15) is 5.11 Å². The van der Waals surface area contributed by atoms with Crippen LogP contribution in [-0.4, -0.2) is 34.0 Å². The Morgan fingerprint density at radius 1 is 1.28 bits per heavy atom. The van der Waals surface area contributed by atoms with E-state index in [0.29, 0.717) is 5.92 Å². The second kappa shape index (κ2) is 5.94. The average Bonchev–Trinajstić information content (AvgIpc) is 3.17. The summed E-state index contributed by atoms with van der Waals surface area (Å²) in [5.74, 6) is 2.32. The number of aliphatic imine (C=N–C) groups is 1. The number of hydrogen-bond acceptors (Lipinski definition) is 5. The van der Waals surface area contributed by atoms with Crippen molar-refractivity contribution in [3.63, 3.8) is 0 Å². The van der Waals surface area contributed by atoms with E-state index in [0.717, 1.165) is 18.3 Å². The fraction of sp³-hybridized carbons (Fsp3) is 0.737. The Hall–Kier alpha value is -1.69. The van der Waals surface area contributed by atoms with Crippen LogP contribution in [0.5, 0.6) is 0 Å². The first kappa shape index (κ1) is 16.8. The Morgan fingerprint density at radius 2 is 2.04 bits per heavy atom. The van der Waals surface area contributed by atoms with Crippen LogP contribution < -0.4 is 5.32 Å². The number of aromatic amines is 1. The summed E-state index contributed by atoms with van der Waals surface area (Å²) in [5.41, 5.74) is 1.27. The predicted molar refractivity (Wildman–Crippen MR) is 100.0 cm³/mol. The molecule has 2 atom stereocenters. The summed E-state index contributed by atoms with van der Waals surface area (Å²) in [6, 6.07) is 2.32. The molecule has 0 amide bonds. The lowest BCUT2D eigenvalue weighted by atomic mass is 9.68. The lowest BCUT2D eigenvalue weighted by Crippen LogP contribution is -2.45. The summed E-state index contributed by atoms with van der Waals surface area (Å²) in [7, 11) is 0. The molecule has 1 fully saturated rings. The molecular weight excluding hydrogens is 312 g/mol. The van der Waals surface area contributed by atoms with Crippen LogP contribution in [0.25, 0.3) is 0 Å². The molecule has 1 aliphatic carbocycles. The van der Waals surface area contributed by atoms with Gasteiger partial charge in [-0.15, -0.1) is 0 Å². The highest BCUT2D eigenvalue weighted by Gasteiger charge is 2.51. The van der Waals surface area contributed by atoms with Crippen LogP contribution in [0.4, 0.5) is 5.82 Å². The standard InChI is InChI=1S/C19H30N6/c1-18(2,3)22-11-13-5-7-14(8-6-13)19(4)16-15-9-10-20-17(15)21-12-25(16)24-23-19/h9-10,12-14,16,20,22H,5-8,11H2,1-4H3.